The summed E-state index contributed by atoms with van der Waals surface area (Å²) in [6.07, 6.45) is -0.178. The second-order valence-corrected chi connectivity index (χ2v) is 5.98. The van der Waals surface area contributed by atoms with Crippen molar-refractivity contribution in [2.45, 2.75) is 31.9 Å². The van der Waals surface area contributed by atoms with Gasteiger partial charge in [-0.1, -0.05) is 12.8 Å². The van der Waals surface area contributed by atoms with Gasteiger partial charge in [-0.2, -0.15) is 23.4 Å². The zero-order valence-corrected chi connectivity index (χ0v) is 14.1. The number of hydrogen-bond donors (Lipinski definition) is 1. The molecule has 1 aliphatic rings. The molecule has 142 valence electrons. The van der Waals surface area contributed by atoms with Crippen molar-refractivity contribution in [3.63, 3.8) is 0 Å². The van der Waals surface area contributed by atoms with Crippen LogP contribution in [0.15, 0.2) is 16.8 Å². The highest BCUT2D eigenvalue weighted by molar-refractivity contribution is 6.06. The zero-order valence-electron chi connectivity index (χ0n) is 14.1. The van der Waals surface area contributed by atoms with Crippen LogP contribution in [0.1, 0.15) is 47.4 Å². The number of alkyl halides is 3. The third-order valence-electron chi connectivity index (χ3n) is 4.09. The Morgan fingerprint density at radius 2 is 1.96 bits per heavy atom. The first kappa shape index (κ1) is 18.6. The van der Waals surface area contributed by atoms with E-state index in [-0.39, 0.29) is 23.2 Å². The molecule has 0 radical (unpaired) electrons. The molecule has 1 amide bonds. The molecule has 3 heterocycles. The lowest BCUT2D eigenvalue weighted by Gasteiger charge is -2.24. The molecule has 1 N–H and O–H groups in total. The second-order valence-electron chi connectivity index (χ2n) is 5.98. The predicted molar refractivity (Wildman–Crippen MR) is 86.9 cm³/mol. The number of aromatic nitrogens is 3. The number of hydrogen-bond acceptors (Lipinski definition) is 7. The van der Waals surface area contributed by atoms with Crippen molar-refractivity contribution in [1.29, 1.82) is 5.26 Å². The summed E-state index contributed by atoms with van der Waals surface area (Å²) in [4.78, 5) is 21.9. The summed E-state index contributed by atoms with van der Waals surface area (Å²) >= 11 is 0. The van der Waals surface area contributed by atoms with Crippen molar-refractivity contribution in [2.24, 2.45) is 0 Å². The molecular weight excluding hydrogens is 365 g/mol. The maximum atomic E-state index is 13.1. The van der Waals surface area contributed by atoms with Gasteiger partial charge in [-0.05, 0) is 24.1 Å². The minimum absolute atomic E-state index is 0.169. The van der Waals surface area contributed by atoms with Gasteiger partial charge >= 0.3 is 12.2 Å². The molecule has 27 heavy (non-hydrogen) atoms. The van der Waals surface area contributed by atoms with E-state index in [0.29, 0.717) is 13.1 Å². The molecule has 0 unspecified atom stereocenters. The highest BCUT2D eigenvalue weighted by Crippen LogP contribution is 2.32. The molecule has 0 atom stereocenters. The lowest BCUT2D eigenvalue weighted by Crippen LogP contribution is -2.29. The molecule has 1 saturated heterocycles. The predicted octanol–water partition coefficient (Wildman–Crippen LogP) is 2.99. The van der Waals surface area contributed by atoms with Crippen molar-refractivity contribution >= 4 is 17.7 Å². The highest BCUT2D eigenvalue weighted by atomic mass is 19.4. The quantitative estimate of drug-likeness (QED) is 0.872. The van der Waals surface area contributed by atoms with Gasteiger partial charge in [0, 0.05) is 19.3 Å². The Kier molecular flexibility index (Phi) is 5.25. The largest absolute Gasteiger partial charge is 0.417 e. The lowest BCUT2D eigenvalue weighted by molar-refractivity contribution is -0.137. The van der Waals surface area contributed by atoms with E-state index in [1.54, 1.807) is 11.0 Å². The molecule has 1 fully saturated rings. The van der Waals surface area contributed by atoms with Crippen LogP contribution in [-0.2, 0) is 6.18 Å². The number of amides is 1. The van der Waals surface area contributed by atoms with Gasteiger partial charge in [-0.3, -0.25) is 10.1 Å². The number of nitriles is 1. The molecule has 8 nitrogen and oxygen atoms in total. The number of nitrogens with one attached hydrogen (secondary N) is 1. The fraction of sp³-hybridized carbons (Fsp3) is 0.438. The molecule has 2 aromatic rings. The summed E-state index contributed by atoms with van der Waals surface area (Å²) in [6.45, 7) is 1.19. The molecule has 0 spiro atoms. The number of carbonyl (C=O) groups excluding carboxylic acids is 1. The first-order valence-electron chi connectivity index (χ1n) is 8.26. The number of rotatable bonds is 3. The van der Waals surface area contributed by atoms with Gasteiger partial charge in [0.15, 0.2) is 0 Å². The lowest BCUT2D eigenvalue weighted by atomic mass is 10.1. The normalized spacial score (nSPS) is 15.1. The van der Waals surface area contributed by atoms with E-state index in [9.17, 15) is 18.0 Å². The van der Waals surface area contributed by atoms with Gasteiger partial charge in [0.05, 0.1) is 11.1 Å². The maximum absolute atomic E-state index is 13.1. The van der Waals surface area contributed by atoms with Crippen LogP contribution in [0.4, 0.5) is 25.0 Å². The van der Waals surface area contributed by atoms with Crippen LogP contribution in [0.2, 0.25) is 0 Å². The standard InChI is InChI=1S/C16H15F3N6O2/c17-16(18,19)10-7-11(14(26)23-15-22-12(8-20)24-27-15)13(21-9-10)25-5-3-1-2-4-6-25/h7,9H,1-6H2,(H,22,23,24,26). The summed E-state index contributed by atoms with van der Waals surface area (Å²) in [5, 5.41) is 14.2. The van der Waals surface area contributed by atoms with Crippen LogP contribution in [-0.4, -0.2) is 34.1 Å². The second kappa shape index (κ2) is 7.61. The molecule has 0 aromatic carbocycles. The van der Waals surface area contributed by atoms with E-state index < -0.39 is 17.6 Å². The molecule has 0 saturated carbocycles. The SMILES string of the molecule is N#Cc1noc(NC(=O)c2cc(C(F)(F)F)cnc2N2CCCCCC2)n1. The van der Waals surface area contributed by atoms with Gasteiger partial charge in [0.1, 0.15) is 11.9 Å². The monoisotopic (exact) mass is 380 g/mol. The van der Waals surface area contributed by atoms with Gasteiger partial charge in [0.2, 0.25) is 0 Å². The summed E-state index contributed by atoms with van der Waals surface area (Å²) < 4.78 is 43.9. The van der Waals surface area contributed by atoms with Crippen LogP contribution in [0.25, 0.3) is 0 Å². The Morgan fingerprint density at radius 3 is 2.56 bits per heavy atom. The van der Waals surface area contributed by atoms with Crippen molar-refractivity contribution in [3.05, 3.63) is 29.2 Å². The minimum Gasteiger partial charge on any atom is -0.356 e. The van der Waals surface area contributed by atoms with Crippen LogP contribution >= 0.6 is 0 Å². The van der Waals surface area contributed by atoms with E-state index in [0.717, 1.165) is 37.9 Å². The van der Waals surface area contributed by atoms with Crippen LogP contribution in [0, 0.1) is 11.3 Å². The van der Waals surface area contributed by atoms with Gasteiger partial charge < -0.3 is 9.42 Å². The smallest absolute Gasteiger partial charge is 0.356 e. The number of anilines is 2. The van der Waals surface area contributed by atoms with E-state index in [2.05, 4.69) is 25.0 Å². The Hall–Kier alpha value is -3.16. The average molecular weight is 380 g/mol. The topological polar surface area (TPSA) is 108 Å². The van der Waals surface area contributed by atoms with Crippen LogP contribution in [0.5, 0.6) is 0 Å². The maximum Gasteiger partial charge on any atom is 0.417 e. The Bertz CT molecular complexity index is 866. The van der Waals surface area contributed by atoms with Crippen molar-refractivity contribution in [2.75, 3.05) is 23.3 Å². The van der Waals surface area contributed by atoms with E-state index in [1.807, 2.05) is 0 Å². The number of pyridine rings is 1. The summed E-state index contributed by atoms with van der Waals surface area (Å²) in [5.41, 5.74) is -1.28. The highest BCUT2D eigenvalue weighted by Gasteiger charge is 2.33. The molecule has 0 aliphatic carbocycles. The van der Waals surface area contributed by atoms with Gasteiger partial charge in [0.25, 0.3) is 11.7 Å². The van der Waals surface area contributed by atoms with Gasteiger partial charge in [-0.15, -0.1) is 0 Å². The van der Waals surface area contributed by atoms with Crippen LogP contribution < -0.4 is 10.2 Å². The molecule has 0 bridgehead atoms. The van der Waals surface area contributed by atoms with E-state index in [4.69, 9.17) is 5.26 Å². The first-order chi connectivity index (χ1) is 12.9. The third kappa shape index (κ3) is 4.33. The number of nitrogens with zero attached hydrogens (tertiary/aromatic N) is 5. The zero-order chi connectivity index (χ0) is 19.4. The molecule has 11 heteroatoms. The molecular formula is C16H15F3N6O2. The van der Waals surface area contributed by atoms with Crippen LogP contribution in [0.3, 0.4) is 0 Å². The van der Waals surface area contributed by atoms with E-state index in [1.165, 1.54) is 0 Å². The third-order valence-corrected chi connectivity index (χ3v) is 4.09. The fourth-order valence-electron chi connectivity index (χ4n) is 2.80. The fourth-order valence-corrected chi connectivity index (χ4v) is 2.80. The summed E-state index contributed by atoms with van der Waals surface area (Å²) in [6, 6.07) is 2.00. The summed E-state index contributed by atoms with van der Waals surface area (Å²) in [5.74, 6) is -1.01. The van der Waals surface area contributed by atoms with Gasteiger partial charge in [-0.25, -0.2) is 4.98 Å². The minimum atomic E-state index is -4.64. The molecule has 2 aromatic heterocycles. The summed E-state index contributed by atoms with van der Waals surface area (Å²) in [7, 11) is 0. The van der Waals surface area contributed by atoms with E-state index >= 15 is 0 Å². The Balaban J connectivity index is 1.95. The van der Waals surface area contributed by atoms with Crippen molar-refractivity contribution in [1.82, 2.24) is 15.1 Å². The molecule has 3 rings (SSSR count). The Labute approximate surface area is 152 Å². The number of halogens is 3. The molecule has 1 aliphatic heterocycles. The van der Waals surface area contributed by atoms with Crippen molar-refractivity contribution < 1.29 is 22.5 Å². The van der Waals surface area contributed by atoms with Crippen molar-refractivity contribution in [3.8, 4) is 6.07 Å². The Morgan fingerprint density at radius 1 is 1.26 bits per heavy atom. The average Bonchev–Trinajstić information content (AvgIpc) is 2.91. The number of carbonyl (C=O) groups is 1. The first-order valence-corrected chi connectivity index (χ1v) is 8.26.